The van der Waals surface area contributed by atoms with Crippen LogP contribution in [0.2, 0.25) is 0 Å². The van der Waals surface area contributed by atoms with Crippen LogP contribution in [0.25, 0.3) is 0 Å². The van der Waals surface area contributed by atoms with Gasteiger partial charge in [0.1, 0.15) is 11.5 Å². The van der Waals surface area contributed by atoms with Crippen molar-refractivity contribution in [1.82, 2.24) is 4.72 Å². The molecule has 8 nitrogen and oxygen atoms in total. The number of aliphatic hydroxyl groups excluding tert-OH is 1. The zero-order valence-corrected chi connectivity index (χ0v) is 16.2. The Bertz CT molecular complexity index is 1050. The number of rotatable bonds is 6. The summed E-state index contributed by atoms with van der Waals surface area (Å²) in [6.07, 6.45) is 0. The summed E-state index contributed by atoms with van der Waals surface area (Å²) in [5, 5.41) is 10.3. The molecule has 2 aromatic carbocycles. The van der Waals surface area contributed by atoms with Crippen LogP contribution < -0.4 is 14.2 Å². The van der Waals surface area contributed by atoms with Crippen molar-refractivity contribution in [2.75, 3.05) is 14.2 Å². The highest BCUT2D eigenvalue weighted by Crippen LogP contribution is 2.42. The van der Waals surface area contributed by atoms with Crippen LogP contribution in [-0.4, -0.2) is 33.5 Å². The van der Waals surface area contributed by atoms with Gasteiger partial charge in [-0.2, -0.15) is 0 Å². The van der Waals surface area contributed by atoms with E-state index in [9.17, 15) is 18.3 Å². The number of carbonyl (C=O) groups excluding carboxylic acids is 1. The number of Topliss-reactive ketones (excluding diaryl/α,β-unsaturated/α-hetero) is 1. The minimum Gasteiger partial charge on any atom is -0.501 e. The number of benzene rings is 2. The zero-order chi connectivity index (χ0) is 20.5. The van der Waals surface area contributed by atoms with Gasteiger partial charge in [0.05, 0.1) is 19.1 Å². The quantitative estimate of drug-likeness (QED) is 0.758. The van der Waals surface area contributed by atoms with E-state index in [1.807, 2.05) is 0 Å². The van der Waals surface area contributed by atoms with E-state index >= 15 is 0 Å². The van der Waals surface area contributed by atoms with Gasteiger partial charge >= 0.3 is 0 Å². The fraction of sp³-hybridized carbons (Fsp3) is 0.211. The fourth-order valence-electron chi connectivity index (χ4n) is 2.84. The molecule has 0 saturated carbocycles. The number of aliphatic hydroxyl groups is 1. The summed E-state index contributed by atoms with van der Waals surface area (Å²) in [4.78, 5) is 12.7. The molecule has 28 heavy (non-hydrogen) atoms. The Morgan fingerprint density at radius 3 is 2.36 bits per heavy atom. The second kappa shape index (κ2) is 7.08. The van der Waals surface area contributed by atoms with E-state index in [2.05, 4.69) is 4.72 Å². The van der Waals surface area contributed by atoms with E-state index in [-0.39, 0.29) is 10.5 Å². The lowest BCUT2D eigenvalue weighted by Gasteiger charge is -2.26. The Morgan fingerprint density at radius 1 is 1.07 bits per heavy atom. The van der Waals surface area contributed by atoms with Crippen molar-refractivity contribution in [3.05, 3.63) is 65.7 Å². The molecule has 148 valence electrons. The molecular weight excluding hydrogens is 386 g/mol. The summed E-state index contributed by atoms with van der Waals surface area (Å²) in [6, 6.07) is 12.3. The molecule has 2 N–H and O–H groups in total. The first kappa shape index (κ1) is 19.6. The van der Waals surface area contributed by atoms with Gasteiger partial charge in [-0.3, -0.25) is 4.79 Å². The fourth-order valence-corrected chi connectivity index (χ4v) is 3.86. The van der Waals surface area contributed by atoms with Gasteiger partial charge in [0.15, 0.2) is 0 Å². The number of carbonyl (C=O) groups is 1. The van der Waals surface area contributed by atoms with Crippen LogP contribution >= 0.6 is 0 Å². The third-order valence-corrected chi connectivity index (χ3v) is 5.72. The molecule has 1 heterocycles. The molecule has 0 saturated heterocycles. The summed E-state index contributed by atoms with van der Waals surface area (Å²) in [7, 11) is -1.19. The number of nitrogens with one attached hydrogen (secondary N) is 1. The van der Waals surface area contributed by atoms with Crippen molar-refractivity contribution in [2.24, 2.45) is 0 Å². The number of sulfonamides is 1. The maximum Gasteiger partial charge on any atom is 0.264 e. The lowest BCUT2D eigenvalue weighted by molar-refractivity contribution is -0.131. The Kier molecular flexibility index (Phi) is 4.95. The monoisotopic (exact) mass is 405 g/mol. The molecule has 3 rings (SSSR count). The molecule has 1 atom stereocenters. The van der Waals surface area contributed by atoms with E-state index in [0.29, 0.717) is 11.5 Å². The molecule has 0 spiro atoms. The minimum absolute atomic E-state index is 0.0427. The van der Waals surface area contributed by atoms with Crippen molar-refractivity contribution < 1.29 is 32.5 Å². The van der Waals surface area contributed by atoms with Gasteiger partial charge in [0.2, 0.25) is 17.2 Å². The van der Waals surface area contributed by atoms with E-state index in [0.717, 1.165) is 0 Å². The molecule has 0 aliphatic carbocycles. The first-order chi connectivity index (χ1) is 13.2. The maximum atomic E-state index is 12.8. The van der Waals surface area contributed by atoms with Gasteiger partial charge in [-0.15, -0.1) is 0 Å². The van der Waals surface area contributed by atoms with Gasteiger partial charge in [-0.25, -0.2) is 13.1 Å². The lowest BCUT2D eigenvalue weighted by atomic mass is 9.90. The molecule has 0 amide bonds. The predicted molar refractivity (Wildman–Crippen MR) is 99.4 cm³/mol. The van der Waals surface area contributed by atoms with E-state index in [4.69, 9.17) is 14.2 Å². The van der Waals surface area contributed by atoms with Crippen LogP contribution in [0.15, 0.2) is 65.1 Å². The van der Waals surface area contributed by atoms with Crippen molar-refractivity contribution in [1.29, 1.82) is 0 Å². The molecule has 1 aliphatic heterocycles. The molecule has 1 unspecified atom stereocenters. The highest BCUT2D eigenvalue weighted by Gasteiger charge is 2.50. The van der Waals surface area contributed by atoms with Gasteiger partial charge in [-0.05, 0) is 37.3 Å². The highest BCUT2D eigenvalue weighted by atomic mass is 32.2. The van der Waals surface area contributed by atoms with Crippen LogP contribution in [0.4, 0.5) is 0 Å². The van der Waals surface area contributed by atoms with Gasteiger partial charge in [0, 0.05) is 5.56 Å². The Morgan fingerprint density at radius 2 is 1.75 bits per heavy atom. The van der Waals surface area contributed by atoms with E-state index < -0.39 is 33.0 Å². The van der Waals surface area contributed by atoms with Crippen LogP contribution in [0.3, 0.4) is 0 Å². The van der Waals surface area contributed by atoms with Gasteiger partial charge in [-0.1, -0.05) is 18.2 Å². The molecule has 9 heteroatoms. The van der Waals surface area contributed by atoms with Crippen molar-refractivity contribution >= 4 is 15.8 Å². The third kappa shape index (κ3) is 3.24. The largest absolute Gasteiger partial charge is 0.501 e. The number of ketones is 1. The molecule has 0 radical (unpaired) electrons. The van der Waals surface area contributed by atoms with Crippen LogP contribution in [-0.2, 0) is 25.2 Å². The standard InChI is InChI=1S/C19H19NO7S/c1-19(14-11-12(25-2)9-10-15(14)26-3)17(22)16(21)18(27-19)20-28(23,24)13-7-5-4-6-8-13/h4-11,20-21H,1-3H3. The highest BCUT2D eigenvalue weighted by molar-refractivity contribution is 7.89. The van der Waals surface area contributed by atoms with Crippen LogP contribution in [0.5, 0.6) is 11.5 Å². The molecular formula is C19H19NO7S. The van der Waals surface area contributed by atoms with Crippen LogP contribution in [0, 0.1) is 0 Å². The summed E-state index contributed by atoms with van der Waals surface area (Å²) in [5.74, 6) is -1.44. The number of hydrogen-bond acceptors (Lipinski definition) is 7. The zero-order valence-electron chi connectivity index (χ0n) is 15.4. The summed E-state index contributed by atoms with van der Waals surface area (Å²) < 4.78 is 43.2. The molecule has 2 aromatic rings. The number of methoxy groups -OCH3 is 2. The summed E-state index contributed by atoms with van der Waals surface area (Å²) >= 11 is 0. The second-order valence-corrected chi connectivity index (χ2v) is 7.81. The Balaban J connectivity index is 1.98. The summed E-state index contributed by atoms with van der Waals surface area (Å²) in [6.45, 7) is 1.41. The average Bonchev–Trinajstić information content (AvgIpc) is 2.92. The average molecular weight is 405 g/mol. The smallest absolute Gasteiger partial charge is 0.264 e. The van der Waals surface area contributed by atoms with Gasteiger partial charge in [0.25, 0.3) is 15.8 Å². The maximum absolute atomic E-state index is 12.8. The molecule has 0 bridgehead atoms. The second-order valence-electron chi connectivity index (χ2n) is 6.13. The topological polar surface area (TPSA) is 111 Å². The Hall–Kier alpha value is -3.20. The summed E-state index contributed by atoms with van der Waals surface area (Å²) in [5.41, 5.74) is -1.43. The van der Waals surface area contributed by atoms with Crippen molar-refractivity contribution in [2.45, 2.75) is 17.4 Å². The molecule has 1 aliphatic rings. The third-order valence-electron chi connectivity index (χ3n) is 4.37. The Labute approximate surface area is 162 Å². The minimum atomic E-state index is -4.06. The normalized spacial score (nSPS) is 19.3. The van der Waals surface area contributed by atoms with E-state index in [1.54, 1.807) is 30.3 Å². The molecule has 0 fully saturated rings. The molecule has 0 aromatic heterocycles. The predicted octanol–water partition coefficient (Wildman–Crippen LogP) is 2.22. The van der Waals surface area contributed by atoms with E-state index in [1.165, 1.54) is 39.3 Å². The first-order valence-electron chi connectivity index (χ1n) is 8.20. The SMILES string of the molecule is COc1ccc(OC)c(C2(C)OC(NS(=O)(=O)c3ccccc3)=C(O)C2=O)c1. The lowest BCUT2D eigenvalue weighted by Crippen LogP contribution is -2.32. The van der Waals surface area contributed by atoms with Gasteiger partial charge < -0.3 is 19.3 Å². The first-order valence-corrected chi connectivity index (χ1v) is 9.68. The van der Waals surface area contributed by atoms with Crippen molar-refractivity contribution in [3.8, 4) is 11.5 Å². The van der Waals surface area contributed by atoms with Crippen LogP contribution in [0.1, 0.15) is 12.5 Å². The number of ether oxygens (including phenoxy) is 3. The van der Waals surface area contributed by atoms with Crippen molar-refractivity contribution in [3.63, 3.8) is 0 Å². The number of hydrogen-bond donors (Lipinski definition) is 2.